The molecule has 0 bridgehead atoms. The monoisotopic (exact) mass is 392 g/mol. The molecule has 29 heavy (non-hydrogen) atoms. The van der Waals surface area contributed by atoms with Crippen molar-refractivity contribution in [2.45, 2.75) is 26.9 Å². The second kappa shape index (κ2) is 9.05. The average Bonchev–Trinajstić information content (AvgIpc) is 2.70. The molecule has 0 spiro atoms. The maximum atomic E-state index is 12.4. The van der Waals surface area contributed by atoms with Crippen LogP contribution in [0, 0.1) is 6.92 Å². The van der Waals surface area contributed by atoms with Crippen molar-refractivity contribution in [3.63, 3.8) is 0 Å². The van der Waals surface area contributed by atoms with Gasteiger partial charge in [0.15, 0.2) is 0 Å². The number of benzene rings is 2. The van der Waals surface area contributed by atoms with Gasteiger partial charge in [-0.15, -0.1) is 0 Å². The fraction of sp³-hybridized carbons (Fsp3) is 0.227. The molecule has 2 aromatic carbocycles. The van der Waals surface area contributed by atoms with Crippen molar-refractivity contribution in [1.82, 2.24) is 9.97 Å². The highest BCUT2D eigenvalue weighted by Gasteiger charge is 2.10. The Balaban J connectivity index is 1.65. The molecule has 1 amide bonds. The lowest BCUT2D eigenvalue weighted by Gasteiger charge is -2.12. The predicted molar refractivity (Wildman–Crippen MR) is 113 cm³/mol. The number of nitrogens with zero attached hydrogens (tertiary/aromatic N) is 2. The Morgan fingerprint density at radius 3 is 2.41 bits per heavy atom. The van der Waals surface area contributed by atoms with Gasteiger partial charge in [0.1, 0.15) is 23.0 Å². The zero-order valence-electron chi connectivity index (χ0n) is 16.9. The molecule has 0 aliphatic heterocycles. The van der Waals surface area contributed by atoms with Crippen molar-refractivity contribution in [3.05, 3.63) is 66.1 Å². The van der Waals surface area contributed by atoms with Gasteiger partial charge in [-0.25, -0.2) is 9.97 Å². The van der Waals surface area contributed by atoms with E-state index in [1.165, 1.54) is 12.4 Å². The van der Waals surface area contributed by atoms with Crippen LogP contribution in [0.25, 0.3) is 0 Å². The third-order valence-corrected chi connectivity index (χ3v) is 3.99. The number of rotatable bonds is 7. The number of ether oxygens (including phenoxy) is 2. The van der Waals surface area contributed by atoms with E-state index < -0.39 is 0 Å². The molecule has 1 aromatic heterocycles. The summed E-state index contributed by atoms with van der Waals surface area (Å²) >= 11 is 0. The number of nitrogens with one attached hydrogen (secondary N) is 2. The Hall–Kier alpha value is -3.61. The first kappa shape index (κ1) is 20.1. The van der Waals surface area contributed by atoms with Gasteiger partial charge in [-0.1, -0.05) is 6.07 Å². The van der Waals surface area contributed by atoms with Gasteiger partial charge in [0, 0.05) is 5.69 Å². The molecule has 0 fully saturated rings. The van der Waals surface area contributed by atoms with Gasteiger partial charge < -0.3 is 20.1 Å². The zero-order chi connectivity index (χ0) is 20.8. The molecule has 2 N–H and O–H groups in total. The molecule has 7 heteroatoms. The van der Waals surface area contributed by atoms with Gasteiger partial charge in [0.25, 0.3) is 5.91 Å². The molecule has 0 saturated carbocycles. The molecular weight excluding hydrogens is 368 g/mol. The smallest absolute Gasteiger partial charge is 0.275 e. The minimum atomic E-state index is -0.338. The molecule has 1 heterocycles. The molecule has 0 radical (unpaired) electrons. The first-order valence-corrected chi connectivity index (χ1v) is 9.26. The lowest BCUT2D eigenvalue weighted by Crippen LogP contribution is -2.14. The summed E-state index contributed by atoms with van der Waals surface area (Å²) in [5, 5.41) is 5.95. The first-order chi connectivity index (χ1) is 13.9. The van der Waals surface area contributed by atoms with Crippen LogP contribution in [0.4, 0.5) is 17.2 Å². The summed E-state index contributed by atoms with van der Waals surface area (Å²) < 4.78 is 10.9. The Bertz CT molecular complexity index is 970. The van der Waals surface area contributed by atoms with E-state index in [4.69, 9.17) is 9.47 Å². The van der Waals surface area contributed by atoms with Crippen LogP contribution in [0.1, 0.15) is 29.9 Å². The largest absolute Gasteiger partial charge is 0.495 e. The van der Waals surface area contributed by atoms with Gasteiger partial charge in [0.2, 0.25) is 0 Å². The van der Waals surface area contributed by atoms with Crippen molar-refractivity contribution in [3.8, 4) is 11.5 Å². The van der Waals surface area contributed by atoms with Crippen molar-refractivity contribution < 1.29 is 14.3 Å². The summed E-state index contributed by atoms with van der Waals surface area (Å²) in [6, 6.07) is 13.0. The van der Waals surface area contributed by atoms with E-state index in [0.29, 0.717) is 17.3 Å². The Labute approximate surface area is 170 Å². The van der Waals surface area contributed by atoms with Gasteiger partial charge >= 0.3 is 0 Å². The lowest BCUT2D eigenvalue weighted by molar-refractivity contribution is 0.102. The lowest BCUT2D eigenvalue weighted by atomic mass is 10.2. The summed E-state index contributed by atoms with van der Waals surface area (Å²) in [7, 11) is 1.61. The quantitative estimate of drug-likeness (QED) is 0.612. The summed E-state index contributed by atoms with van der Waals surface area (Å²) in [4.78, 5) is 20.9. The van der Waals surface area contributed by atoms with Crippen LogP contribution < -0.4 is 20.1 Å². The Morgan fingerprint density at radius 1 is 1.03 bits per heavy atom. The summed E-state index contributed by atoms with van der Waals surface area (Å²) in [5.74, 6) is 1.62. The fourth-order valence-corrected chi connectivity index (χ4v) is 2.65. The SMILES string of the molecule is COc1ccc(C)cc1Nc1cnc(C(=O)Nc2ccc(OC(C)C)cc2)cn1. The number of aromatic nitrogens is 2. The van der Waals surface area contributed by atoms with Crippen LogP contribution in [-0.4, -0.2) is 29.1 Å². The molecule has 0 unspecified atom stereocenters. The van der Waals surface area contributed by atoms with Gasteiger partial charge in [0.05, 0.1) is 31.3 Å². The van der Waals surface area contributed by atoms with Crippen LogP contribution >= 0.6 is 0 Å². The third kappa shape index (κ3) is 5.44. The van der Waals surface area contributed by atoms with E-state index in [2.05, 4.69) is 20.6 Å². The number of aryl methyl sites for hydroxylation is 1. The fourth-order valence-electron chi connectivity index (χ4n) is 2.65. The van der Waals surface area contributed by atoms with E-state index in [1.807, 2.05) is 51.1 Å². The molecule has 0 saturated heterocycles. The normalized spacial score (nSPS) is 10.5. The maximum Gasteiger partial charge on any atom is 0.275 e. The second-order valence-electron chi connectivity index (χ2n) is 6.76. The summed E-state index contributed by atoms with van der Waals surface area (Å²) in [6.07, 6.45) is 3.03. The summed E-state index contributed by atoms with van der Waals surface area (Å²) in [6.45, 7) is 5.91. The standard InChI is InChI=1S/C22H24N4O3/c1-14(2)29-17-8-6-16(7-9-17)25-22(27)19-12-24-21(13-23-19)26-18-11-15(3)5-10-20(18)28-4/h5-14H,1-4H3,(H,24,26)(H,25,27). The topological polar surface area (TPSA) is 85.4 Å². The van der Waals surface area contributed by atoms with Gasteiger partial charge in [-0.2, -0.15) is 0 Å². The van der Waals surface area contributed by atoms with Crippen LogP contribution in [0.3, 0.4) is 0 Å². The number of methoxy groups -OCH3 is 1. The van der Waals surface area contributed by atoms with Gasteiger partial charge in [-0.05, 0) is 62.7 Å². The molecule has 3 rings (SSSR count). The highest BCUT2D eigenvalue weighted by atomic mass is 16.5. The van der Waals surface area contributed by atoms with Crippen LogP contribution in [0.2, 0.25) is 0 Å². The minimum absolute atomic E-state index is 0.0950. The minimum Gasteiger partial charge on any atom is -0.495 e. The molecule has 0 atom stereocenters. The van der Waals surface area contributed by atoms with E-state index in [-0.39, 0.29) is 17.7 Å². The highest BCUT2D eigenvalue weighted by molar-refractivity contribution is 6.02. The zero-order valence-corrected chi connectivity index (χ0v) is 16.9. The van der Waals surface area contributed by atoms with Crippen molar-refractivity contribution in [2.24, 2.45) is 0 Å². The first-order valence-electron chi connectivity index (χ1n) is 9.26. The van der Waals surface area contributed by atoms with Crippen molar-refractivity contribution in [1.29, 1.82) is 0 Å². The molecule has 150 valence electrons. The third-order valence-electron chi connectivity index (χ3n) is 3.99. The van der Waals surface area contributed by atoms with Gasteiger partial charge in [-0.3, -0.25) is 4.79 Å². The molecule has 0 aliphatic rings. The van der Waals surface area contributed by atoms with E-state index >= 15 is 0 Å². The molecule has 3 aromatic rings. The number of carbonyl (C=O) groups is 1. The predicted octanol–water partition coefficient (Wildman–Crippen LogP) is 4.58. The molecule has 7 nitrogen and oxygen atoms in total. The second-order valence-corrected chi connectivity index (χ2v) is 6.76. The van der Waals surface area contributed by atoms with E-state index in [1.54, 1.807) is 19.2 Å². The number of anilines is 3. The van der Waals surface area contributed by atoms with Crippen molar-refractivity contribution in [2.75, 3.05) is 17.7 Å². The molecule has 0 aliphatic carbocycles. The number of hydrogen-bond acceptors (Lipinski definition) is 6. The Kier molecular flexibility index (Phi) is 6.29. The van der Waals surface area contributed by atoms with Crippen LogP contribution in [-0.2, 0) is 0 Å². The van der Waals surface area contributed by atoms with Crippen LogP contribution in [0.5, 0.6) is 11.5 Å². The Morgan fingerprint density at radius 2 is 1.79 bits per heavy atom. The highest BCUT2D eigenvalue weighted by Crippen LogP contribution is 2.27. The molecular formula is C22H24N4O3. The number of carbonyl (C=O) groups excluding carboxylic acids is 1. The average molecular weight is 392 g/mol. The van der Waals surface area contributed by atoms with E-state index in [0.717, 1.165) is 17.0 Å². The maximum absolute atomic E-state index is 12.4. The number of hydrogen-bond donors (Lipinski definition) is 2. The van der Waals surface area contributed by atoms with E-state index in [9.17, 15) is 4.79 Å². The van der Waals surface area contributed by atoms with Crippen LogP contribution in [0.15, 0.2) is 54.9 Å². The number of amides is 1. The van der Waals surface area contributed by atoms with Crippen molar-refractivity contribution >= 4 is 23.1 Å². The summed E-state index contributed by atoms with van der Waals surface area (Å²) in [5.41, 5.74) is 2.73.